The van der Waals surface area contributed by atoms with Crippen LogP contribution in [0.25, 0.3) is 0 Å². The Bertz CT molecular complexity index is 888. The van der Waals surface area contributed by atoms with Gasteiger partial charge >= 0.3 is 5.97 Å². The van der Waals surface area contributed by atoms with Crippen molar-refractivity contribution in [2.75, 3.05) is 26.3 Å². The quantitative estimate of drug-likeness (QED) is 0.504. The van der Waals surface area contributed by atoms with Crippen molar-refractivity contribution in [3.05, 3.63) is 46.8 Å². The van der Waals surface area contributed by atoms with Crippen molar-refractivity contribution in [1.82, 2.24) is 4.31 Å². The van der Waals surface area contributed by atoms with Crippen molar-refractivity contribution in [3.63, 3.8) is 0 Å². The predicted molar refractivity (Wildman–Crippen MR) is 108 cm³/mol. The monoisotopic (exact) mass is 423 g/mol. The summed E-state index contributed by atoms with van der Waals surface area (Å²) in [6.45, 7) is 4.99. The summed E-state index contributed by atoms with van der Waals surface area (Å²) in [5.41, 5.74) is 2.22. The maximum Gasteiger partial charge on any atom is 0.310 e. The fraction of sp³-hybridized carbons (Fsp3) is 0.450. The lowest BCUT2D eigenvalue weighted by Gasteiger charge is -2.30. The topological polar surface area (TPSA) is 72.9 Å². The maximum atomic E-state index is 12.7. The summed E-state index contributed by atoms with van der Waals surface area (Å²) >= 11 is 1.19. The van der Waals surface area contributed by atoms with E-state index in [9.17, 15) is 13.2 Å². The van der Waals surface area contributed by atoms with Crippen molar-refractivity contribution in [1.29, 1.82) is 0 Å². The van der Waals surface area contributed by atoms with Crippen molar-refractivity contribution < 1.29 is 22.7 Å². The van der Waals surface area contributed by atoms with Gasteiger partial charge in [-0.15, -0.1) is 11.3 Å². The summed E-state index contributed by atoms with van der Waals surface area (Å²) in [6.07, 6.45) is 1.27. The minimum atomic E-state index is -3.54. The SMILES string of the molecule is Cc1cc(C)cc(OCCOC(=O)[C@@H]2CCCN(S(=O)(=O)c3cccs3)C2)c1. The van der Waals surface area contributed by atoms with E-state index >= 15 is 0 Å². The first-order chi connectivity index (χ1) is 13.4. The third-order valence-electron chi connectivity index (χ3n) is 4.60. The number of thiophene rings is 1. The molecular formula is C20H25NO5S2. The fourth-order valence-electron chi connectivity index (χ4n) is 3.33. The molecule has 8 heteroatoms. The molecule has 0 bridgehead atoms. The lowest BCUT2D eigenvalue weighted by molar-refractivity contribution is -0.150. The van der Waals surface area contributed by atoms with Gasteiger partial charge in [-0.25, -0.2) is 8.42 Å². The minimum Gasteiger partial charge on any atom is -0.490 e. The zero-order valence-corrected chi connectivity index (χ0v) is 17.7. The Balaban J connectivity index is 1.49. The number of sulfonamides is 1. The zero-order valence-electron chi connectivity index (χ0n) is 16.1. The summed E-state index contributed by atoms with van der Waals surface area (Å²) in [7, 11) is -3.54. The molecule has 0 spiro atoms. The molecule has 1 saturated heterocycles. The summed E-state index contributed by atoms with van der Waals surface area (Å²) in [5.74, 6) is -0.0563. The number of aryl methyl sites for hydroxylation is 2. The van der Waals surface area contributed by atoms with E-state index in [1.165, 1.54) is 15.6 Å². The van der Waals surface area contributed by atoms with E-state index in [-0.39, 0.29) is 25.7 Å². The van der Waals surface area contributed by atoms with E-state index in [4.69, 9.17) is 9.47 Å². The Kier molecular flexibility index (Phi) is 6.74. The molecule has 0 radical (unpaired) electrons. The average molecular weight is 424 g/mol. The van der Waals surface area contributed by atoms with Crippen LogP contribution in [0.3, 0.4) is 0 Å². The lowest BCUT2D eigenvalue weighted by atomic mass is 10.0. The van der Waals surface area contributed by atoms with Gasteiger partial charge in [-0.2, -0.15) is 4.31 Å². The smallest absolute Gasteiger partial charge is 0.310 e. The second-order valence-electron chi connectivity index (χ2n) is 6.97. The van der Waals surface area contributed by atoms with E-state index < -0.39 is 15.9 Å². The Hall–Kier alpha value is -1.90. The summed E-state index contributed by atoms with van der Waals surface area (Å²) in [5, 5.41) is 1.73. The van der Waals surface area contributed by atoms with Gasteiger partial charge in [-0.05, 0) is 61.4 Å². The highest BCUT2D eigenvalue weighted by molar-refractivity contribution is 7.91. The van der Waals surface area contributed by atoms with Crippen molar-refractivity contribution in [3.8, 4) is 5.75 Å². The molecule has 0 aliphatic carbocycles. The second kappa shape index (κ2) is 9.07. The van der Waals surface area contributed by atoms with Gasteiger partial charge in [0, 0.05) is 13.1 Å². The third-order valence-corrected chi connectivity index (χ3v) is 7.84. The van der Waals surface area contributed by atoms with Gasteiger partial charge < -0.3 is 9.47 Å². The molecule has 3 rings (SSSR count). The molecule has 0 amide bonds. The Morgan fingerprint density at radius 3 is 2.64 bits per heavy atom. The average Bonchev–Trinajstić information content (AvgIpc) is 3.20. The molecule has 1 aliphatic heterocycles. The predicted octanol–water partition coefficient (Wildman–Crippen LogP) is 3.39. The number of carbonyl (C=O) groups excluding carboxylic acids is 1. The number of carbonyl (C=O) groups is 1. The van der Waals surface area contributed by atoms with E-state index in [1.807, 2.05) is 26.0 Å². The van der Waals surface area contributed by atoms with Crippen LogP contribution in [0.2, 0.25) is 0 Å². The summed E-state index contributed by atoms with van der Waals surface area (Å²) in [6, 6.07) is 9.23. The van der Waals surface area contributed by atoms with Crippen LogP contribution in [0.15, 0.2) is 39.9 Å². The van der Waals surface area contributed by atoms with Gasteiger partial charge in [-0.3, -0.25) is 4.79 Å². The molecule has 1 fully saturated rings. The van der Waals surface area contributed by atoms with Gasteiger partial charge in [-0.1, -0.05) is 12.1 Å². The zero-order chi connectivity index (χ0) is 20.1. The molecule has 28 heavy (non-hydrogen) atoms. The van der Waals surface area contributed by atoms with Crippen LogP contribution in [-0.4, -0.2) is 45.0 Å². The van der Waals surface area contributed by atoms with Crippen LogP contribution in [0.4, 0.5) is 0 Å². The molecule has 6 nitrogen and oxygen atoms in total. The number of nitrogens with zero attached hydrogens (tertiary/aromatic N) is 1. The molecule has 152 valence electrons. The number of rotatable bonds is 7. The van der Waals surface area contributed by atoms with Gasteiger partial charge in [0.25, 0.3) is 10.0 Å². The number of ether oxygens (including phenoxy) is 2. The molecule has 1 aromatic heterocycles. The molecule has 1 aromatic carbocycles. The molecular weight excluding hydrogens is 398 g/mol. The number of piperidine rings is 1. The van der Waals surface area contributed by atoms with Crippen LogP contribution < -0.4 is 4.74 Å². The minimum absolute atomic E-state index is 0.139. The lowest BCUT2D eigenvalue weighted by Crippen LogP contribution is -2.42. The highest BCUT2D eigenvalue weighted by Gasteiger charge is 2.34. The standard InChI is InChI=1S/C20H25NO5S2/c1-15-11-16(2)13-18(12-15)25-8-9-26-20(22)17-5-3-7-21(14-17)28(23,24)19-6-4-10-27-19/h4,6,10-13,17H,3,5,7-9,14H2,1-2H3/t17-/m1/s1. The van der Waals surface area contributed by atoms with Crippen molar-refractivity contribution in [2.24, 2.45) is 5.92 Å². The largest absolute Gasteiger partial charge is 0.490 e. The first-order valence-electron chi connectivity index (χ1n) is 9.27. The van der Waals surface area contributed by atoms with E-state index in [0.29, 0.717) is 23.6 Å². The van der Waals surface area contributed by atoms with E-state index in [1.54, 1.807) is 17.5 Å². The number of esters is 1. The highest BCUT2D eigenvalue weighted by atomic mass is 32.2. The van der Waals surface area contributed by atoms with Crippen molar-refractivity contribution >= 4 is 27.3 Å². The fourth-order valence-corrected chi connectivity index (χ4v) is 5.99. The molecule has 0 N–H and O–H groups in total. The first kappa shape index (κ1) is 20.8. The Labute approximate surface area is 170 Å². The van der Waals surface area contributed by atoms with Crippen LogP contribution in [0, 0.1) is 19.8 Å². The number of hydrogen-bond donors (Lipinski definition) is 0. The molecule has 1 aliphatic rings. The van der Waals surface area contributed by atoms with Crippen LogP contribution in [0.5, 0.6) is 5.75 Å². The van der Waals surface area contributed by atoms with E-state index in [0.717, 1.165) is 16.9 Å². The van der Waals surface area contributed by atoms with Gasteiger partial charge in [0.15, 0.2) is 0 Å². The normalized spacial score (nSPS) is 18.0. The number of benzene rings is 1. The van der Waals surface area contributed by atoms with Crippen molar-refractivity contribution in [2.45, 2.75) is 30.9 Å². The van der Waals surface area contributed by atoms with Crippen LogP contribution in [0.1, 0.15) is 24.0 Å². The van der Waals surface area contributed by atoms with Gasteiger partial charge in [0.05, 0.1) is 5.92 Å². The summed E-state index contributed by atoms with van der Waals surface area (Å²) in [4.78, 5) is 12.4. The molecule has 2 heterocycles. The first-order valence-corrected chi connectivity index (χ1v) is 11.6. The Morgan fingerprint density at radius 2 is 1.96 bits per heavy atom. The second-order valence-corrected chi connectivity index (χ2v) is 10.1. The van der Waals surface area contributed by atoms with Gasteiger partial charge in [0.2, 0.25) is 0 Å². The highest BCUT2D eigenvalue weighted by Crippen LogP contribution is 2.27. The van der Waals surface area contributed by atoms with Gasteiger partial charge in [0.1, 0.15) is 23.2 Å². The number of hydrogen-bond acceptors (Lipinski definition) is 6. The molecule has 1 atom stereocenters. The van der Waals surface area contributed by atoms with E-state index in [2.05, 4.69) is 6.07 Å². The summed E-state index contributed by atoms with van der Waals surface area (Å²) < 4.78 is 38.0. The third kappa shape index (κ3) is 5.12. The van der Waals surface area contributed by atoms with Crippen LogP contribution in [-0.2, 0) is 19.6 Å². The molecule has 0 saturated carbocycles. The maximum absolute atomic E-state index is 12.7. The molecule has 2 aromatic rings. The molecule has 0 unspecified atom stereocenters. The van der Waals surface area contributed by atoms with Crippen LogP contribution >= 0.6 is 11.3 Å². The Morgan fingerprint density at radius 1 is 1.21 bits per heavy atom.